The molecule has 6 heteroatoms. The number of esters is 2. The van der Waals surface area contributed by atoms with Crippen molar-refractivity contribution in [2.24, 2.45) is 46.3 Å². The van der Waals surface area contributed by atoms with Gasteiger partial charge in [0.05, 0.1) is 15.0 Å². The van der Waals surface area contributed by atoms with Crippen molar-refractivity contribution >= 4 is 25.6 Å². The van der Waals surface area contributed by atoms with Crippen LogP contribution in [-0.2, 0) is 23.9 Å². The predicted octanol–water partition coefficient (Wildman–Crippen LogP) is 4.91. The lowest BCUT2D eigenvalue weighted by atomic mass is 9.40. The van der Waals surface area contributed by atoms with E-state index in [-0.39, 0.29) is 46.5 Å². The van der Waals surface area contributed by atoms with E-state index in [0.717, 1.165) is 44.9 Å². The Balaban J connectivity index is 1.54. The lowest BCUT2D eigenvalue weighted by Crippen LogP contribution is -2.59. The first-order valence-corrected chi connectivity index (χ1v) is 13.1. The van der Waals surface area contributed by atoms with Gasteiger partial charge in [-0.25, -0.2) is 0 Å². The number of fused-ring (bicyclic) bond motifs is 5. The van der Waals surface area contributed by atoms with E-state index in [9.17, 15) is 14.4 Å². The summed E-state index contributed by atoms with van der Waals surface area (Å²) in [7, 11) is 8.14. The summed E-state index contributed by atoms with van der Waals surface area (Å²) < 4.78 is 10.4. The van der Waals surface area contributed by atoms with Gasteiger partial charge in [0.25, 0.3) is 0 Å². The number of carbonyl (C=O) groups is 3. The number of ether oxygens (including phenoxy) is 2. The second-order valence-electron chi connectivity index (χ2n) is 12.1. The fourth-order valence-electron chi connectivity index (χ4n) is 9.01. The number of hydrogen-bond acceptors (Lipinski definition) is 5. The number of carbonyl (C=O) groups excluding carboxylic acids is 3. The van der Waals surface area contributed by atoms with Gasteiger partial charge in [-0.2, -0.15) is 0 Å². The van der Waals surface area contributed by atoms with Crippen LogP contribution in [0.25, 0.3) is 0 Å². The second kappa shape index (κ2) is 9.04. The smallest absolute Gasteiger partial charge is 0.305 e. The Kier molecular flexibility index (Phi) is 6.79. The Bertz CT molecular complexity index is 797. The average molecular weight is 456 g/mol. The summed E-state index contributed by atoms with van der Waals surface area (Å²) in [6, 6.07) is 0. The van der Waals surface area contributed by atoms with Crippen LogP contribution in [0.2, 0.25) is 5.82 Å². The molecule has 10 atom stereocenters. The Hall–Kier alpha value is -1.33. The third-order valence-electron chi connectivity index (χ3n) is 10.7. The Morgan fingerprint density at radius 2 is 1.73 bits per heavy atom. The van der Waals surface area contributed by atoms with Crippen LogP contribution in [0.5, 0.6) is 0 Å². The highest BCUT2D eigenvalue weighted by Crippen LogP contribution is 2.69. The number of ketones is 1. The van der Waals surface area contributed by atoms with E-state index in [1.54, 1.807) is 0 Å². The van der Waals surface area contributed by atoms with Crippen molar-refractivity contribution in [2.45, 2.75) is 97.4 Å². The van der Waals surface area contributed by atoms with E-state index in [2.05, 4.69) is 20.8 Å². The first-order chi connectivity index (χ1) is 15.5. The molecule has 0 aromatic heterocycles. The highest BCUT2D eigenvalue weighted by molar-refractivity contribution is 6.25. The zero-order valence-electron chi connectivity index (χ0n) is 21.1. The molecule has 0 aliphatic heterocycles. The molecule has 182 valence electrons. The summed E-state index contributed by atoms with van der Waals surface area (Å²) in [5.41, 5.74) is 0.161. The van der Waals surface area contributed by atoms with Crippen molar-refractivity contribution in [3.8, 4) is 0 Å². The summed E-state index contributed by atoms with van der Waals surface area (Å²) in [5, 5.41) is 0. The summed E-state index contributed by atoms with van der Waals surface area (Å²) in [5.74, 6) is 1.25. The van der Waals surface area contributed by atoms with Crippen molar-refractivity contribution < 1.29 is 23.9 Å². The summed E-state index contributed by atoms with van der Waals surface area (Å²) in [4.78, 5) is 37.0. The quantitative estimate of drug-likeness (QED) is 0.434. The summed E-state index contributed by atoms with van der Waals surface area (Å²) in [6.45, 7) is 8.50. The summed E-state index contributed by atoms with van der Waals surface area (Å²) >= 11 is 0. The molecule has 0 spiro atoms. The number of Topliss-reactive ketones (excluding diaryl/α,β-unsaturated/α-hetero) is 1. The molecule has 4 aliphatic carbocycles. The van der Waals surface area contributed by atoms with E-state index in [4.69, 9.17) is 17.3 Å². The van der Waals surface area contributed by atoms with Crippen molar-refractivity contribution in [3.63, 3.8) is 0 Å². The van der Waals surface area contributed by atoms with Gasteiger partial charge in [-0.15, -0.1) is 0 Å². The van der Waals surface area contributed by atoms with Gasteiger partial charge in [0.2, 0.25) is 0 Å². The highest BCUT2D eigenvalue weighted by Gasteiger charge is 2.64. The van der Waals surface area contributed by atoms with Gasteiger partial charge in [-0.3, -0.25) is 14.4 Å². The monoisotopic (exact) mass is 456 g/mol. The van der Waals surface area contributed by atoms with Crippen LogP contribution >= 0.6 is 0 Å². The van der Waals surface area contributed by atoms with Crippen LogP contribution in [0.3, 0.4) is 0 Å². The van der Waals surface area contributed by atoms with Crippen molar-refractivity contribution in [3.05, 3.63) is 0 Å². The third-order valence-corrected chi connectivity index (χ3v) is 10.7. The Labute approximate surface area is 200 Å². The SMILES string of the molecule is [B][C@H]1C(=O)[C@@H]2[C@H](CC[C@]3(C)[C@@H]([C@H](C)CCC(=O)OC)CC[C@@H]23)[C@@]2(C)CC[C@@H](OC(C)=O)C[C@@H]12. The molecule has 0 aromatic rings. The van der Waals surface area contributed by atoms with E-state index >= 15 is 0 Å². The molecule has 0 amide bonds. The predicted molar refractivity (Wildman–Crippen MR) is 126 cm³/mol. The highest BCUT2D eigenvalue weighted by atomic mass is 16.5. The molecule has 0 heterocycles. The lowest BCUT2D eigenvalue weighted by Gasteiger charge is -2.62. The van der Waals surface area contributed by atoms with Gasteiger partial charge >= 0.3 is 11.9 Å². The lowest BCUT2D eigenvalue weighted by molar-refractivity contribution is -0.167. The minimum Gasteiger partial charge on any atom is -0.469 e. The van der Waals surface area contributed by atoms with Crippen molar-refractivity contribution in [2.75, 3.05) is 7.11 Å². The van der Waals surface area contributed by atoms with Crippen LogP contribution in [-0.4, -0.2) is 38.8 Å². The second-order valence-corrected chi connectivity index (χ2v) is 12.1. The van der Waals surface area contributed by atoms with Crippen molar-refractivity contribution in [1.29, 1.82) is 0 Å². The maximum atomic E-state index is 13.8. The summed E-state index contributed by atoms with van der Waals surface area (Å²) in [6.07, 6.45) is 8.17. The van der Waals surface area contributed by atoms with E-state index in [1.807, 2.05) is 0 Å². The van der Waals surface area contributed by atoms with E-state index in [1.165, 1.54) is 14.0 Å². The first-order valence-electron chi connectivity index (χ1n) is 13.1. The molecule has 4 rings (SSSR count). The largest absolute Gasteiger partial charge is 0.469 e. The van der Waals surface area contributed by atoms with Crippen LogP contribution in [0.15, 0.2) is 0 Å². The van der Waals surface area contributed by atoms with Gasteiger partial charge in [0.1, 0.15) is 11.9 Å². The number of hydrogen-bond donors (Lipinski definition) is 0. The van der Waals surface area contributed by atoms with E-state index in [0.29, 0.717) is 36.5 Å². The standard InChI is InChI=1S/C27H41BO5/c1-15(6-9-22(30)32-5)18-7-8-19-23-20(11-13-26(18,19)3)27(4)12-10-17(33-16(2)29)14-21(27)24(28)25(23)31/h15,17-21,23-24H,6-14H2,1-5H3/t15-,17-,18-,19+,20+,21+,23+,24-,26-,27-/m1/s1. The molecule has 4 aliphatic rings. The molecule has 0 unspecified atom stereocenters. The topological polar surface area (TPSA) is 69.7 Å². The van der Waals surface area contributed by atoms with Gasteiger partial charge in [-0.05, 0) is 97.6 Å². The minimum atomic E-state index is -0.465. The minimum absolute atomic E-state index is 0.0323. The fourth-order valence-corrected chi connectivity index (χ4v) is 9.01. The zero-order chi connectivity index (χ0) is 24.1. The molecule has 0 aromatic carbocycles. The maximum Gasteiger partial charge on any atom is 0.305 e. The molecule has 0 saturated heterocycles. The maximum absolute atomic E-state index is 13.8. The molecule has 0 N–H and O–H groups in total. The molecule has 33 heavy (non-hydrogen) atoms. The Morgan fingerprint density at radius 3 is 2.39 bits per heavy atom. The van der Waals surface area contributed by atoms with Gasteiger partial charge in [0, 0.05) is 19.3 Å². The van der Waals surface area contributed by atoms with Gasteiger partial charge < -0.3 is 9.47 Å². The fraction of sp³-hybridized carbons (Fsp3) is 0.889. The average Bonchev–Trinajstić information content (AvgIpc) is 3.13. The molecular weight excluding hydrogens is 415 g/mol. The molecular formula is C27H41BO5. The molecule has 4 saturated carbocycles. The number of rotatable bonds is 5. The molecule has 0 bridgehead atoms. The van der Waals surface area contributed by atoms with Crippen LogP contribution in [0, 0.1) is 46.3 Å². The molecule has 5 nitrogen and oxygen atoms in total. The molecule has 4 fully saturated rings. The van der Waals surface area contributed by atoms with E-state index < -0.39 is 5.82 Å². The normalized spacial score (nSPS) is 45.4. The van der Waals surface area contributed by atoms with Crippen molar-refractivity contribution in [1.82, 2.24) is 0 Å². The van der Waals surface area contributed by atoms with Crippen LogP contribution in [0.1, 0.15) is 85.5 Å². The van der Waals surface area contributed by atoms with Gasteiger partial charge in [-0.1, -0.05) is 20.8 Å². The van der Waals surface area contributed by atoms with Gasteiger partial charge in [0.15, 0.2) is 0 Å². The molecule has 2 radical (unpaired) electrons. The third kappa shape index (κ3) is 4.07. The first kappa shape index (κ1) is 24.8. The Morgan fingerprint density at radius 1 is 1.06 bits per heavy atom. The zero-order valence-corrected chi connectivity index (χ0v) is 21.1. The number of methoxy groups -OCH3 is 1. The van der Waals surface area contributed by atoms with Crippen LogP contribution < -0.4 is 0 Å². The van der Waals surface area contributed by atoms with Crippen LogP contribution in [0.4, 0.5) is 0 Å².